The lowest BCUT2D eigenvalue weighted by Gasteiger charge is -2.28. The van der Waals surface area contributed by atoms with Crippen molar-refractivity contribution in [3.63, 3.8) is 0 Å². The highest BCUT2D eigenvalue weighted by Gasteiger charge is 2.27. The van der Waals surface area contributed by atoms with Gasteiger partial charge in [0.1, 0.15) is 11.6 Å². The summed E-state index contributed by atoms with van der Waals surface area (Å²) < 4.78 is 0. The third-order valence-electron chi connectivity index (χ3n) is 6.76. The van der Waals surface area contributed by atoms with Gasteiger partial charge in [-0.1, -0.05) is 6.42 Å². The molecule has 1 fully saturated rings. The van der Waals surface area contributed by atoms with Crippen LogP contribution in [0.1, 0.15) is 71.7 Å². The minimum atomic E-state index is 0.0303. The van der Waals surface area contributed by atoms with Crippen molar-refractivity contribution < 1.29 is 9.59 Å². The molecule has 192 valence electrons. The molecule has 0 bridgehead atoms. The van der Waals surface area contributed by atoms with Crippen molar-refractivity contribution in [1.82, 2.24) is 40.8 Å². The van der Waals surface area contributed by atoms with E-state index >= 15 is 0 Å². The molecule has 38 heavy (non-hydrogen) atoms. The van der Waals surface area contributed by atoms with Gasteiger partial charge >= 0.3 is 0 Å². The van der Waals surface area contributed by atoms with Gasteiger partial charge in [-0.2, -0.15) is 40.8 Å². The first kappa shape index (κ1) is 25.3. The Morgan fingerprint density at radius 2 is 1.03 bits per heavy atom. The van der Waals surface area contributed by atoms with Crippen LogP contribution in [0, 0.1) is 0 Å². The first-order valence-corrected chi connectivity index (χ1v) is 12.8. The van der Waals surface area contributed by atoms with E-state index in [1.165, 1.54) is 0 Å². The normalized spacial score (nSPS) is 17.2. The molecule has 0 N–H and O–H groups in total. The Balaban J connectivity index is 1.14. The summed E-state index contributed by atoms with van der Waals surface area (Å²) in [4.78, 5) is 24.7. The van der Waals surface area contributed by atoms with Crippen molar-refractivity contribution in [2.24, 2.45) is 0 Å². The van der Waals surface area contributed by atoms with Gasteiger partial charge in [0.2, 0.25) is 0 Å². The van der Waals surface area contributed by atoms with Crippen LogP contribution in [0.4, 0.5) is 0 Å². The molecule has 10 heteroatoms. The van der Waals surface area contributed by atoms with Gasteiger partial charge in [-0.3, -0.25) is 9.59 Å². The molecule has 4 aromatic rings. The molecule has 0 aliphatic heterocycles. The van der Waals surface area contributed by atoms with Gasteiger partial charge in [-0.25, -0.2) is 0 Å². The number of nitrogens with zero attached hydrogens (tertiary/aromatic N) is 8. The van der Waals surface area contributed by atoms with Crippen molar-refractivity contribution in [3.8, 4) is 0 Å². The van der Waals surface area contributed by atoms with E-state index in [1.54, 1.807) is 36.7 Å². The number of hydrogen-bond donors (Lipinski definition) is 0. The highest BCUT2D eigenvalue weighted by Crippen LogP contribution is 2.39. The molecule has 0 radical (unpaired) electrons. The van der Waals surface area contributed by atoms with Gasteiger partial charge in [0.25, 0.3) is 0 Å². The Kier molecular flexibility index (Phi) is 8.17. The van der Waals surface area contributed by atoms with E-state index in [0.717, 1.165) is 37.1 Å². The zero-order valence-corrected chi connectivity index (χ0v) is 21.0. The van der Waals surface area contributed by atoms with E-state index in [1.807, 2.05) is 24.3 Å². The van der Waals surface area contributed by atoms with Crippen molar-refractivity contribution >= 4 is 11.6 Å². The maximum Gasteiger partial charge on any atom is 0.144 e. The Hall–Kier alpha value is -4.34. The number of carbonyl (C=O) groups excluding carboxylic acids is 2. The number of carbonyl (C=O) groups is 2. The van der Waals surface area contributed by atoms with E-state index in [9.17, 15) is 9.59 Å². The first-order valence-electron chi connectivity index (χ1n) is 12.8. The molecule has 1 saturated carbocycles. The predicted molar refractivity (Wildman–Crippen MR) is 137 cm³/mol. The summed E-state index contributed by atoms with van der Waals surface area (Å²) in [5, 5.41) is 33.1. The Bertz CT molecular complexity index is 1240. The molecule has 5 rings (SSSR count). The molecular formula is C28H28N8O2. The topological polar surface area (TPSA) is 137 Å². The van der Waals surface area contributed by atoms with Crippen LogP contribution in [-0.2, 0) is 35.3 Å². The van der Waals surface area contributed by atoms with Gasteiger partial charge in [-0.05, 0) is 67.8 Å². The van der Waals surface area contributed by atoms with Gasteiger partial charge in [0, 0.05) is 24.2 Å². The Morgan fingerprint density at radius 1 is 0.579 bits per heavy atom. The van der Waals surface area contributed by atoms with E-state index in [4.69, 9.17) is 0 Å². The molecule has 0 saturated heterocycles. The maximum atomic E-state index is 12.4. The van der Waals surface area contributed by atoms with Crippen molar-refractivity contribution in [3.05, 3.63) is 95.1 Å². The molecule has 0 unspecified atom stereocenters. The summed E-state index contributed by atoms with van der Waals surface area (Å²) in [5.41, 5.74) is 4.51. The maximum absolute atomic E-state index is 12.4. The average Bonchev–Trinajstić information content (AvgIpc) is 2.95. The average molecular weight is 509 g/mol. The molecule has 4 heterocycles. The van der Waals surface area contributed by atoms with Gasteiger partial charge in [0.15, 0.2) is 0 Å². The van der Waals surface area contributed by atoms with E-state index in [2.05, 4.69) is 40.8 Å². The van der Waals surface area contributed by atoms with Crippen molar-refractivity contribution in [2.45, 2.75) is 63.2 Å². The third kappa shape index (κ3) is 6.90. The Morgan fingerprint density at radius 3 is 1.39 bits per heavy atom. The molecule has 1 aliphatic carbocycles. The summed E-state index contributed by atoms with van der Waals surface area (Å²) in [6.45, 7) is 0. The second kappa shape index (κ2) is 12.3. The number of rotatable bonds is 10. The summed E-state index contributed by atoms with van der Waals surface area (Å²) in [6, 6.07) is 14.9. The number of Topliss-reactive ketones (excluding diaryl/α,β-unsaturated/α-hetero) is 2. The third-order valence-corrected chi connectivity index (χ3v) is 6.76. The van der Waals surface area contributed by atoms with E-state index in [-0.39, 0.29) is 49.1 Å². The lowest BCUT2D eigenvalue weighted by atomic mass is 9.78. The van der Waals surface area contributed by atoms with Crippen molar-refractivity contribution in [1.29, 1.82) is 0 Å². The van der Waals surface area contributed by atoms with Gasteiger partial charge < -0.3 is 0 Å². The van der Waals surface area contributed by atoms with Crippen LogP contribution < -0.4 is 0 Å². The fourth-order valence-electron chi connectivity index (χ4n) is 4.88. The van der Waals surface area contributed by atoms with Crippen molar-refractivity contribution in [2.75, 3.05) is 0 Å². The van der Waals surface area contributed by atoms with Crippen LogP contribution in [0.3, 0.4) is 0 Å². The second-order valence-electron chi connectivity index (χ2n) is 9.67. The predicted octanol–water partition coefficient (Wildman–Crippen LogP) is 3.00. The SMILES string of the molecule is O=C(Cc1cccnn1)Cc1ccc([C@H]2CCC[C@H](c3ccc(CC(=O)Cc4cccnn4)nn3)C2)nn1. The largest absolute Gasteiger partial charge is 0.299 e. The van der Waals surface area contributed by atoms with Crippen LogP contribution in [0.2, 0.25) is 0 Å². The summed E-state index contributed by atoms with van der Waals surface area (Å²) in [7, 11) is 0. The van der Waals surface area contributed by atoms with Crippen LogP contribution in [0.25, 0.3) is 0 Å². The van der Waals surface area contributed by atoms with Crippen LogP contribution in [-0.4, -0.2) is 52.4 Å². The monoisotopic (exact) mass is 508 g/mol. The molecule has 4 aromatic heterocycles. The fourth-order valence-corrected chi connectivity index (χ4v) is 4.88. The lowest BCUT2D eigenvalue weighted by Crippen LogP contribution is -2.17. The van der Waals surface area contributed by atoms with Crippen LogP contribution in [0.5, 0.6) is 0 Å². The summed E-state index contributed by atoms with van der Waals surface area (Å²) in [5.74, 6) is 0.617. The minimum Gasteiger partial charge on any atom is -0.299 e. The van der Waals surface area contributed by atoms with Crippen LogP contribution in [0.15, 0.2) is 60.9 Å². The summed E-state index contributed by atoms with van der Waals surface area (Å²) >= 11 is 0. The molecule has 10 nitrogen and oxygen atoms in total. The standard InChI is InChI=1S/C28H28N8O2/c37-25(15-21-6-2-12-29-31-21)17-23-8-10-27(35-33-23)19-4-1-5-20(14-19)28-11-9-24(34-36-28)18-26(38)16-22-7-3-13-30-32-22/h2-3,6-13,19-20H,1,4-5,14-18H2/t19-,20-/m0/s1. The first-order chi connectivity index (χ1) is 18.6. The lowest BCUT2D eigenvalue weighted by molar-refractivity contribution is -0.118. The number of ketones is 2. The van der Waals surface area contributed by atoms with Gasteiger partial charge in [0.05, 0.1) is 59.8 Å². The minimum absolute atomic E-state index is 0.0303. The van der Waals surface area contributed by atoms with E-state index in [0.29, 0.717) is 22.8 Å². The van der Waals surface area contributed by atoms with E-state index < -0.39 is 0 Å². The highest BCUT2D eigenvalue weighted by atomic mass is 16.1. The molecule has 0 spiro atoms. The molecular weight excluding hydrogens is 480 g/mol. The fraction of sp³-hybridized carbons (Fsp3) is 0.357. The smallest absolute Gasteiger partial charge is 0.144 e. The zero-order chi connectivity index (χ0) is 26.2. The zero-order valence-electron chi connectivity index (χ0n) is 21.0. The molecule has 2 atom stereocenters. The Labute approximate surface area is 220 Å². The van der Waals surface area contributed by atoms with Crippen LogP contribution >= 0.6 is 0 Å². The quantitative estimate of drug-likeness (QED) is 0.314. The molecule has 0 amide bonds. The molecule has 0 aromatic carbocycles. The molecule has 1 aliphatic rings. The second-order valence-corrected chi connectivity index (χ2v) is 9.67. The number of hydrogen-bond acceptors (Lipinski definition) is 10. The van der Waals surface area contributed by atoms with Gasteiger partial charge in [-0.15, -0.1) is 0 Å². The highest BCUT2D eigenvalue weighted by molar-refractivity contribution is 5.82. The summed E-state index contributed by atoms with van der Waals surface area (Å²) in [6.07, 6.45) is 8.14. The number of aromatic nitrogens is 8.